The van der Waals surface area contributed by atoms with Crippen LogP contribution in [0.5, 0.6) is 0 Å². The number of hydrogen-bond acceptors (Lipinski definition) is 4. The van der Waals surface area contributed by atoms with E-state index in [0.717, 1.165) is 5.69 Å². The molecule has 0 aliphatic carbocycles. The first-order valence-corrected chi connectivity index (χ1v) is 10.5. The van der Waals surface area contributed by atoms with Crippen molar-refractivity contribution in [3.05, 3.63) is 80.3 Å². The number of nitrogens with zero attached hydrogens (tertiary/aromatic N) is 3. The van der Waals surface area contributed by atoms with Crippen LogP contribution >= 0.6 is 34.5 Å². The summed E-state index contributed by atoms with van der Waals surface area (Å²) in [5.41, 5.74) is 1.10. The molecule has 29 heavy (non-hydrogen) atoms. The molecular weight excluding hydrogens is 431 g/mol. The zero-order valence-electron chi connectivity index (χ0n) is 15.5. The van der Waals surface area contributed by atoms with E-state index in [1.165, 1.54) is 17.4 Å². The third-order valence-electron chi connectivity index (χ3n) is 4.17. The van der Waals surface area contributed by atoms with Crippen LogP contribution in [0.1, 0.15) is 35.4 Å². The Hall–Kier alpha value is -2.48. The maximum Gasteiger partial charge on any atom is 0.279 e. The van der Waals surface area contributed by atoms with Crippen molar-refractivity contribution in [2.75, 3.05) is 0 Å². The molecule has 2 amide bonds. The minimum absolute atomic E-state index is 0.167. The van der Waals surface area contributed by atoms with E-state index in [9.17, 15) is 9.59 Å². The first kappa shape index (κ1) is 21.2. The van der Waals surface area contributed by atoms with Crippen molar-refractivity contribution in [2.24, 2.45) is 4.99 Å². The number of carbonyl (C=O) groups is 2. The van der Waals surface area contributed by atoms with Crippen LogP contribution in [0.25, 0.3) is 0 Å². The highest BCUT2D eigenvalue weighted by Crippen LogP contribution is 2.23. The summed E-state index contributed by atoms with van der Waals surface area (Å²) in [6.45, 7) is 2.23. The number of rotatable bonds is 6. The normalized spacial score (nSPS) is 12.6. The highest BCUT2D eigenvalue weighted by atomic mass is 35.5. The van der Waals surface area contributed by atoms with Crippen LogP contribution in [-0.4, -0.2) is 21.4 Å². The second-order valence-corrected chi connectivity index (χ2v) is 7.79. The van der Waals surface area contributed by atoms with E-state index in [2.05, 4.69) is 15.3 Å². The fraction of sp³-hybridized carbons (Fsp3) is 0.200. The molecule has 0 bridgehead atoms. The number of nitrogens with one attached hydrogen (secondary N) is 1. The standard InChI is InChI=1S/C20H18Cl2N4O2S/c1-2-17(19(28)24-12-14-5-3-4-8-23-14)26-9-10-29-20(26)25-18(27)13-6-7-15(21)16(22)11-13/h3-11,17H,2,12H2,1H3,(H,24,28)/t17-/m0/s1. The van der Waals surface area contributed by atoms with Gasteiger partial charge in [-0.15, -0.1) is 11.3 Å². The van der Waals surface area contributed by atoms with Crippen LogP contribution in [0.4, 0.5) is 0 Å². The van der Waals surface area contributed by atoms with Gasteiger partial charge in [0.25, 0.3) is 5.91 Å². The maximum absolute atomic E-state index is 12.7. The van der Waals surface area contributed by atoms with Gasteiger partial charge in [0, 0.05) is 23.3 Å². The summed E-state index contributed by atoms with van der Waals surface area (Å²) in [4.78, 5) is 34.1. The Kier molecular flexibility index (Phi) is 7.19. The van der Waals surface area contributed by atoms with Crippen molar-refractivity contribution in [1.29, 1.82) is 0 Å². The third kappa shape index (κ3) is 5.32. The smallest absolute Gasteiger partial charge is 0.279 e. The average Bonchev–Trinajstić information content (AvgIpc) is 3.17. The van der Waals surface area contributed by atoms with Gasteiger partial charge in [0.05, 0.1) is 22.3 Å². The summed E-state index contributed by atoms with van der Waals surface area (Å²) in [5.74, 6) is -0.622. The molecule has 3 rings (SSSR count). The zero-order valence-corrected chi connectivity index (χ0v) is 17.8. The van der Waals surface area contributed by atoms with Crippen molar-refractivity contribution in [1.82, 2.24) is 14.9 Å². The molecule has 150 valence electrons. The number of aromatic nitrogens is 2. The van der Waals surface area contributed by atoms with Crippen LogP contribution in [0.15, 0.2) is 59.2 Å². The van der Waals surface area contributed by atoms with E-state index >= 15 is 0 Å². The van der Waals surface area contributed by atoms with Gasteiger partial charge in [-0.05, 0) is 36.8 Å². The molecule has 0 unspecified atom stereocenters. The first-order chi connectivity index (χ1) is 14.0. The maximum atomic E-state index is 12.7. The summed E-state index contributed by atoms with van der Waals surface area (Å²) in [6, 6.07) is 9.63. The first-order valence-electron chi connectivity index (χ1n) is 8.87. The molecule has 3 aromatic rings. The molecule has 2 aromatic heterocycles. The topological polar surface area (TPSA) is 76.3 Å². The van der Waals surface area contributed by atoms with Gasteiger partial charge in [0.2, 0.25) is 5.91 Å². The highest BCUT2D eigenvalue weighted by Gasteiger charge is 2.19. The largest absolute Gasteiger partial charge is 0.349 e. The van der Waals surface area contributed by atoms with Gasteiger partial charge in [-0.1, -0.05) is 36.2 Å². The Morgan fingerprint density at radius 1 is 1.24 bits per heavy atom. The molecule has 0 spiro atoms. The minimum atomic E-state index is -0.495. The SMILES string of the molecule is CC[C@@H](C(=O)NCc1ccccn1)n1ccsc1=NC(=O)c1ccc(Cl)c(Cl)c1. The number of thiazole rings is 1. The molecule has 0 saturated heterocycles. The van der Waals surface area contributed by atoms with E-state index < -0.39 is 11.9 Å². The Morgan fingerprint density at radius 2 is 2.07 bits per heavy atom. The van der Waals surface area contributed by atoms with E-state index in [-0.39, 0.29) is 10.9 Å². The van der Waals surface area contributed by atoms with Crippen LogP contribution < -0.4 is 10.1 Å². The molecule has 0 fully saturated rings. The summed E-state index contributed by atoms with van der Waals surface area (Å²) < 4.78 is 1.70. The van der Waals surface area contributed by atoms with Crippen molar-refractivity contribution < 1.29 is 9.59 Å². The van der Waals surface area contributed by atoms with Crippen LogP contribution in [0, 0.1) is 0 Å². The van der Waals surface area contributed by atoms with Gasteiger partial charge in [0.1, 0.15) is 6.04 Å². The second kappa shape index (κ2) is 9.82. The molecule has 1 N–H and O–H groups in total. The molecule has 1 aromatic carbocycles. The molecule has 0 saturated carbocycles. The fourth-order valence-electron chi connectivity index (χ4n) is 2.69. The average molecular weight is 449 g/mol. The summed E-state index contributed by atoms with van der Waals surface area (Å²) >= 11 is 13.2. The molecule has 0 aliphatic rings. The van der Waals surface area contributed by atoms with E-state index in [1.807, 2.05) is 25.1 Å². The highest BCUT2D eigenvalue weighted by molar-refractivity contribution is 7.07. The Morgan fingerprint density at radius 3 is 2.76 bits per heavy atom. The number of pyridine rings is 1. The van der Waals surface area contributed by atoms with Gasteiger partial charge in [-0.25, -0.2) is 0 Å². The van der Waals surface area contributed by atoms with Crippen LogP contribution in [0.3, 0.4) is 0 Å². The molecule has 2 heterocycles. The van der Waals surface area contributed by atoms with Crippen LogP contribution in [-0.2, 0) is 11.3 Å². The number of hydrogen-bond donors (Lipinski definition) is 1. The Labute approximate surface area is 181 Å². The minimum Gasteiger partial charge on any atom is -0.349 e. The van der Waals surface area contributed by atoms with Crippen LogP contribution in [0.2, 0.25) is 10.0 Å². The fourth-order valence-corrected chi connectivity index (χ4v) is 3.75. The zero-order chi connectivity index (χ0) is 20.8. The molecular formula is C20H18Cl2N4O2S. The van der Waals surface area contributed by atoms with E-state index in [0.29, 0.717) is 28.4 Å². The predicted octanol–water partition coefficient (Wildman–Crippen LogP) is 4.26. The monoisotopic (exact) mass is 448 g/mol. The molecule has 9 heteroatoms. The lowest BCUT2D eigenvalue weighted by molar-refractivity contribution is -0.124. The van der Waals surface area contributed by atoms with Crippen molar-refractivity contribution in [3.8, 4) is 0 Å². The summed E-state index contributed by atoms with van der Waals surface area (Å²) in [6.07, 6.45) is 3.97. The van der Waals surface area contributed by atoms with Gasteiger partial charge in [-0.3, -0.25) is 14.6 Å². The summed E-state index contributed by atoms with van der Waals surface area (Å²) in [5, 5.41) is 5.33. The van der Waals surface area contributed by atoms with E-state index in [4.69, 9.17) is 23.2 Å². The van der Waals surface area contributed by atoms with Crippen molar-refractivity contribution >= 4 is 46.4 Å². The number of halogens is 2. The van der Waals surface area contributed by atoms with Gasteiger partial charge in [0.15, 0.2) is 4.80 Å². The van der Waals surface area contributed by atoms with Crippen molar-refractivity contribution in [3.63, 3.8) is 0 Å². The lowest BCUT2D eigenvalue weighted by atomic mass is 10.2. The Balaban J connectivity index is 1.80. The molecule has 6 nitrogen and oxygen atoms in total. The predicted molar refractivity (Wildman–Crippen MR) is 114 cm³/mol. The van der Waals surface area contributed by atoms with Gasteiger partial charge >= 0.3 is 0 Å². The molecule has 0 radical (unpaired) electrons. The quantitative estimate of drug-likeness (QED) is 0.611. The molecule has 0 aliphatic heterocycles. The number of carbonyl (C=O) groups excluding carboxylic acids is 2. The number of benzene rings is 1. The van der Waals surface area contributed by atoms with Gasteiger partial charge < -0.3 is 9.88 Å². The van der Waals surface area contributed by atoms with E-state index in [1.54, 1.807) is 34.5 Å². The lowest BCUT2D eigenvalue weighted by Gasteiger charge is -2.16. The number of amides is 2. The third-order valence-corrected chi connectivity index (χ3v) is 5.68. The summed E-state index contributed by atoms with van der Waals surface area (Å²) in [7, 11) is 0. The molecule has 1 atom stereocenters. The Bertz CT molecular complexity index is 1080. The second-order valence-electron chi connectivity index (χ2n) is 6.10. The lowest BCUT2D eigenvalue weighted by Crippen LogP contribution is -2.35. The van der Waals surface area contributed by atoms with Crippen molar-refractivity contribution in [2.45, 2.75) is 25.9 Å². The van der Waals surface area contributed by atoms with Gasteiger partial charge in [-0.2, -0.15) is 4.99 Å².